The lowest BCUT2D eigenvalue weighted by molar-refractivity contribution is -0.137. The van der Waals surface area contributed by atoms with Crippen LogP contribution in [0.1, 0.15) is 43.2 Å². The van der Waals surface area contributed by atoms with E-state index in [2.05, 4.69) is 36.9 Å². The van der Waals surface area contributed by atoms with Crippen molar-refractivity contribution in [2.75, 3.05) is 0 Å². The number of carboxylic acids is 1. The van der Waals surface area contributed by atoms with E-state index in [0.717, 1.165) is 37.9 Å². The molecule has 0 amide bonds. The van der Waals surface area contributed by atoms with Crippen molar-refractivity contribution < 1.29 is 9.90 Å². The van der Waals surface area contributed by atoms with Crippen LogP contribution in [0.25, 0.3) is 0 Å². The van der Waals surface area contributed by atoms with Crippen LogP contribution in [0.15, 0.2) is 24.3 Å². The third kappa shape index (κ3) is 6.37. The second-order valence-corrected chi connectivity index (χ2v) is 4.60. The van der Waals surface area contributed by atoms with E-state index in [4.69, 9.17) is 5.11 Å². The summed E-state index contributed by atoms with van der Waals surface area (Å²) >= 11 is 4.22. The highest BCUT2D eigenvalue weighted by molar-refractivity contribution is 7.79. The van der Waals surface area contributed by atoms with Gasteiger partial charge in [-0.05, 0) is 30.4 Å². The minimum absolute atomic E-state index is 0.302. The molecule has 0 bridgehead atoms. The number of unbranched alkanes of at least 4 members (excludes halogenated alkanes) is 3. The molecule has 0 unspecified atom stereocenters. The van der Waals surface area contributed by atoms with Gasteiger partial charge in [-0.25, -0.2) is 0 Å². The summed E-state index contributed by atoms with van der Waals surface area (Å²) in [7, 11) is 0. The quantitative estimate of drug-likeness (QED) is 0.547. The molecule has 1 N–H and O–H groups in total. The SMILES string of the molecule is O=C(O)CCCCCCc1ccc(CS)cc1. The van der Waals surface area contributed by atoms with E-state index in [1.807, 2.05) is 0 Å². The maximum atomic E-state index is 10.3. The molecule has 17 heavy (non-hydrogen) atoms. The molecule has 0 aliphatic rings. The van der Waals surface area contributed by atoms with Crippen LogP contribution in [0.5, 0.6) is 0 Å². The van der Waals surface area contributed by atoms with Crippen molar-refractivity contribution in [1.29, 1.82) is 0 Å². The van der Waals surface area contributed by atoms with E-state index < -0.39 is 5.97 Å². The largest absolute Gasteiger partial charge is 0.481 e. The Kier molecular flexibility index (Phi) is 6.78. The molecule has 1 aromatic carbocycles. The van der Waals surface area contributed by atoms with Gasteiger partial charge in [0.05, 0.1) is 0 Å². The molecule has 0 aromatic heterocycles. The fourth-order valence-corrected chi connectivity index (χ4v) is 1.98. The van der Waals surface area contributed by atoms with Crippen LogP contribution in [0.2, 0.25) is 0 Å². The molecule has 3 heteroatoms. The summed E-state index contributed by atoms with van der Waals surface area (Å²) in [5.41, 5.74) is 2.60. The molecule has 0 heterocycles. The van der Waals surface area contributed by atoms with Crippen molar-refractivity contribution in [3.8, 4) is 0 Å². The Labute approximate surface area is 108 Å². The maximum Gasteiger partial charge on any atom is 0.303 e. The van der Waals surface area contributed by atoms with Crippen molar-refractivity contribution in [3.05, 3.63) is 35.4 Å². The zero-order valence-corrected chi connectivity index (χ0v) is 11.0. The summed E-state index contributed by atoms with van der Waals surface area (Å²) in [5.74, 6) is 0.0995. The number of hydrogen-bond acceptors (Lipinski definition) is 2. The fourth-order valence-electron chi connectivity index (χ4n) is 1.77. The minimum Gasteiger partial charge on any atom is -0.481 e. The summed E-state index contributed by atoms with van der Waals surface area (Å²) in [5, 5.41) is 8.49. The number of hydrogen-bond donors (Lipinski definition) is 2. The van der Waals surface area contributed by atoms with Gasteiger partial charge in [0, 0.05) is 12.2 Å². The lowest BCUT2D eigenvalue weighted by Crippen LogP contribution is -1.94. The number of carbonyl (C=O) groups is 1. The van der Waals surface area contributed by atoms with Crippen LogP contribution >= 0.6 is 12.6 Å². The Hall–Kier alpha value is -0.960. The van der Waals surface area contributed by atoms with Crippen molar-refractivity contribution in [2.45, 2.75) is 44.3 Å². The van der Waals surface area contributed by atoms with E-state index in [-0.39, 0.29) is 0 Å². The van der Waals surface area contributed by atoms with Gasteiger partial charge in [-0.3, -0.25) is 4.79 Å². The van der Waals surface area contributed by atoms with Crippen LogP contribution in [0, 0.1) is 0 Å². The van der Waals surface area contributed by atoms with E-state index in [0.29, 0.717) is 6.42 Å². The molecule has 94 valence electrons. The molecule has 0 aliphatic heterocycles. The van der Waals surface area contributed by atoms with Crippen molar-refractivity contribution in [2.24, 2.45) is 0 Å². The van der Waals surface area contributed by atoms with Gasteiger partial charge in [-0.2, -0.15) is 12.6 Å². The number of benzene rings is 1. The summed E-state index contributed by atoms with van der Waals surface area (Å²) < 4.78 is 0. The van der Waals surface area contributed by atoms with Gasteiger partial charge in [0.25, 0.3) is 0 Å². The molecule has 0 atom stereocenters. The third-order valence-corrected chi connectivity index (χ3v) is 3.18. The van der Waals surface area contributed by atoms with Crippen LogP contribution in [0.3, 0.4) is 0 Å². The Morgan fingerprint density at radius 1 is 1.00 bits per heavy atom. The zero-order valence-electron chi connectivity index (χ0n) is 10.1. The van der Waals surface area contributed by atoms with Gasteiger partial charge in [0.15, 0.2) is 0 Å². The molecule has 1 rings (SSSR count). The Balaban J connectivity index is 2.11. The summed E-state index contributed by atoms with van der Waals surface area (Å²) in [6.07, 6.45) is 5.45. The van der Waals surface area contributed by atoms with Gasteiger partial charge in [-0.15, -0.1) is 0 Å². The van der Waals surface area contributed by atoms with Crippen molar-refractivity contribution in [1.82, 2.24) is 0 Å². The van der Waals surface area contributed by atoms with Crippen LogP contribution in [0.4, 0.5) is 0 Å². The second-order valence-electron chi connectivity index (χ2n) is 4.28. The first-order valence-electron chi connectivity index (χ1n) is 6.13. The van der Waals surface area contributed by atoms with E-state index in [1.165, 1.54) is 11.1 Å². The first kappa shape index (κ1) is 14.1. The van der Waals surface area contributed by atoms with Crippen molar-refractivity contribution >= 4 is 18.6 Å². The lowest BCUT2D eigenvalue weighted by Gasteiger charge is -2.02. The highest BCUT2D eigenvalue weighted by Crippen LogP contribution is 2.11. The smallest absolute Gasteiger partial charge is 0.303 e. The summed E-state index contributed by atoms with van der Waals surface area (Å²) in [6, 6.07) is 8.55. The predicted molar refractivity (Wildman–Crippen MR) is 73.6 cm³/mol. The Morgan fingerprint density at radius 2 is 1.59 bits per heavy atom. The molecule has 0 fully saturated rings. The van der Waals surface area contributed by atoms with Gasteiger partial charge < -0.3 is 5.11 Å². The molecule has 0 aliphatic carbocycles. The van der Waals surface area contributed by atoms with Gasteiger partial charge in [0.1, 0.15) is 0 Å². The van der Waals surface area contributed by atoms with Crippen LogP contribution < -0.4 is 0 Å². The first-order valence-corrected chi connectivity index (χ1v) is 6.76. The third-order valence-electron chi connectivity index (χ3n) is 2.81. The van der Waals surface area contributed by atoms with Gasteiger partial charge >= 0.3 is 5.97 Å². The molecule has 0 saturated heterocycles. The second kappa shape index (κ2) is 8.18. The summed E-state index contributed by atoms with van der Waals surface area (Å²) in [6.45, 7) is 0. The zero-order chi connectivity index (χ0) is 12.5. The summed E-state index contributed by atoms with van der Waals surface area (Å²) in [4.78, 5) is 10.3. The molecule has 0 radical (unpaired) electrons. The van der Waals surface area contributed by atoms with E-state index in [1.54, 1.807) is 0 Å². The number of carboxylic acid groups (broad SMARTS) is 1. The Bertz CT molecular complexity index is 333. The number of thiol groups is 1. The predicted octanol–water partition coefficient (Wildman–Crippen LogP) is 3.69. The van der Waals surface area contributed by atoms with Gasteiger partial charge in [0.2, 0.25) is 0 Å². The number of aliphatic carboxylic acids is 1. The molecule has 1 aromatic rings. The highest BCUT2D eigenvalue weighted by Gasteiger charge is 1.97. The average Bonchev–Trinajstić information content (AvgIpc) is 2.34. The van der Waals surface area contributed by atoms with Crippen LogP contribution in [-0.2, 0) is 17.0 Å². The van der Waals surface area contributed by atoms with Crippen LogP contribution in [-0.4, -0.2) is 11.1 Å². The highest BCUT2D eigenvalue weighted by atomic mass is 32.1. The molecule has 0 saturated carbocycles. The monoisotopic (exact) mass is 252 g/mol. The minimum atomic E-state index is -0.688. The fraction of sp³-hybridized carbons (Fsp3) is 0.500. The first-order chi connectivity index (χ1) is 8.22. The topological polar surface area (TPSA) is 37.3 Å². The Morgan fingerprint density at radius 3 is 2.18 bits per heavy atom. The number of aryl methyl sites for hydroxylation is 1. The number of rotatable bonds is 8. The standard InChI is InChI=1S/C14H20O2S/c15-14(16)6-4-2-1-3-5-12-7-9-13(11-17)10-8-12/h7-10,17H,1-6,11H2,(H,15,16). The van der Waals surface area contributed by atoms with E-state index in [9.17, 15) is 4.79 Å². The average molecular weight is 252 g/mol. The molecule has 2 nitrogen and oxygen atoms in total. The van der Waals surface area contributed by atoms with Crippen molar-refractivity contribution in [3.63, 3.8) is 0 Å². The van der Waals surface area contributed by atoms with E-state index >= 15 is 0 Å². The molecular weight excluding hydrogens is 232 g/mol. The normalized spacial score (nSPS) is 10.4. The molecular formula is C14H20O2S. The lowest BCUT2D eigenvalue weighted by atomic mass is 10.0. The maximum absolute atomic E-state index is 10.3. The van der Waals surface area contributed by atoms with Gasteiger partial charge in [-0.1, -0.05) is 37.1 Å². The molecule has 0 spiro atoms.